The van der Waals surface area contributed by atoms with E-state index in [0.717, 1.165) is 75.9 Å². The normalized spacial score (nSPS) is 23.4. The molecule has 1 unspecified atom stereocenters. The number of carbonyl (C=O) groups excluding carboxylic acids is 1. The molecule has 2 aromatic rings. The summed E-state index contributed by atoms with van der Waals surface area (Å²) in [6, 6.07) is 7.84. The quantitative estimate of drug-likeness (QED) is 0.487. The average Bonchev–Trinajstić information content (AvgIpc) is 3.21. The Labute approximate surface area is 210 Å². The van der Waals surface area contributed by atoms with Crippen LogP contribution < -0.4 is 0 Å². The molecule has 0 N–H and O–H groups in total. The molecular weight excluding hydrogens is 473 g/mol. The zero-order valence-corrected chi connectivity index (χ0v) is 20.9. The molecule has 1 atom stereocenters. The number of halogens is 2. The van der Waals surface area contributed by atoms with Crippen LogP contribution in [0, 0.1) is 5.92 Å². The van der Waals surface area contributed by atoms with Gasteiger partial charge in [0.1, 0.15) is 5.60 Å². The van der Waals surface area contributed by atoms with E-state index >= 15 is 0 Å². The number of allylic oxidation sites excluding steroid dienone is 4. The van der Waals surface area contributed by atoms with Gasteiger partial charge in [-0.2, -0.15) is 5.10 Å². The lowest BCUT2D eigenvalue weighted by Crippen LogP contribution is -2.50. The average molecular weight is 504 g/mol. The standard InChI is InChI=1S/C26H31Cl2N3O3/c27-20-9-8-19(22(28)16-20)17-31-23-7-3-2-6-21(23)24(29-31)25(32)34-26(10-4-1-5-11-26)18-30-12-14-33-15-13-30/h2-3,6-7,9,16,19H,1,4-5,8,10-15,17-18H2. The van der Waals surface area contributed by atoms with E-state index < -0.39 is 5.60 Å². The molecule has 182 valence electrons. The first kappa shape index (κ1) is 23.9. The Kier molecular flexibility index (Phi) is 7.30. The summed E-state index contributed by atoms with van der Waals surface area (Å²) in [5, 5.41) is 6.94. The molecule has 34 heavy (non-hydrogen) atoms. The summed E-state index contributed by atoms with van der Waals surface area (Å²) in [5.74, 6) is -0.263. The largest absolute Gasteiger partial charge is 0.453 e. The summed E-state index contributed by atoms with van der Waals surface area (Å²) < 4.78 is 13.7. The summed E-state index contributed by atoms with van der Waals surface area (Å²) >= 11 is 12.6. The van der Waals surface area contributed by atoms with Crippen LogP contribution in [0.4, 0.5) is 0 Å². The van der Waals surface area contributed by atoms with E-state index in [0.29, 0.717) is 22.3 Å². The number of hydrogen-bond acceptors (Lipinski definition) is 5. The predicted molar refractivity (Wildman–Crippen MR) is 134 cm³/mol. The monoisotopic (exact) mass is 503 g/mol. The van der Waals surface area contributed by atoms with Crippen molar-refractivity contribution in [3.63, 3.8) is 0 Å². The molecule has 1 aromatic carbocycles. The van der Waals surface area contributed by atoms with Gasteiger partial charge in [-0.15, -0.1) is 0 Å². The maximum absolute atomic E-state index is 13.6. The highest BCUT2D eigenvalue weighted by molar-refractivity contribution is 6.35. The van der Waals surface area contributed by atoms with Crippen LogP contribution in [0.1, 0.15) is 49.0 Å². The fraction of sp³-hybridized carbons (Fsp3) is 0.538. The van der Waals surface area contributed by atoms with Crippen molar-refractivity contribution in [1.82, 2.24) is 14.7 Å². The smallest absolute Gasteiger partial charge is 0.360 e. The fourth-order valence-corrected chi connectivity index (χ4v) is 5.90. The van der Waals surface area contributed by atoms with Gasteiger partial charge in [0.25, 0.3) is 0 Å². The Morgan fingerprint density at radius 1 is 1.15 bits per heavy atom. The third-order valence-electron chi connectivity index (χ3n) is 7.20. The van der Waals surface area contributed by atoms with Crippen LogP contribution in [-0.4, -0.2) is 59.1 Å². The molecule has 2 heterocycles. The van der Waals surface area contributed by atoms with Gasteiger partial charge in [0.15, 0.2) is 5.69 Å². The van der Waals surface area contributed by atoms with Crippen molar-refractivity contribution >= 4 is 40.1 Å². The third kappa shape index (κ3) is 5.20. The molecule has 1 saturated heterocycles. The number of carbonyl (C=O) groups is 1. The molecule has 1 aromatic heterocycles. The van der Waals surface area contributed by atoms with Gasteiger partial charge in [-0.3, -0.25) is 9.58 Å². The van der Waals surface area contributed by atoms with Gasteiger partial charge < -0.3 is 9.47 Å². The minimum Gasteiger partial charge on any atom is -0.453 e. The molecule has 3 aliphatic rings. The Balaban J connectivity index is 1.39. The number of esters is 1. The third-order valence-corrected chi connectivity index (χ3v) is 7.88. The lowest BCUT2D eigenvalue weighted by molar-refractivity contribution is -0.0691. The Morgan fingerprint density at radius 2 is 1.91 bits per heavy atom. The number of ether oxygens (including phenoxy) is 2. The molecule has 0 radical (unpaired) electrons. The van der Waals surface area contributed by atoms with E-state index in [-0.39, 0.29) is 11.9 Å². The fourth-order valence-electron chi connectivity index (χ4n) is 5.36. The molecule has 5 rings (SSSR count). The summed E-state index contributed by atoms with van der Waals surface area (Å²) in [6.07, 6.45) is 9.63. The topological polar surface area (TPSA) is 56.6 Å². The van der Waals surface area contributed by atoms with Gasteiger partial charge in [-0.05, 0) is 44.2 Å². The zero-order valence-electron chi connectivity index (χ0n) is 19.3. The van der Waals surface area contributed by atoms with E-state index in [1.165, 1.54) is 6.42 Å². The van der Waals surface area contributed by atoms with Gasteiger partial charge in [0.2, 0.25) is 0 Å². The van der Waals surface area contributed by atoms with Gasteiger partial charge in [0, 0.05) is 47.5 Å². The number of fused-ring (bicyclic) bond motifs is 1. The number of hydrogen-bond donors (Lipinski definition) is 0. The summed E-state index contributed by atoms with van der Waals surface area (Å²) in [6.45, 7) is 4.56. The van der Waals surface area contributed by atoms with E-state index in [1.54, 1.807) is 6.08 Å². The maximum Gasteiger partial charge on any atom is 0.360 e. The van der Waals surface area contributed by atoms with Crippen molar-refractivity contribution in [2.45, 2.75) is 50.7 Å². The summed E-state index contributed by atoms with van der Waals surface area (Å²) in [4.78, 5) is 16.0. The summed E-state index contributed by atoms with van der Waals surface area (Å²) in [7, 11) is 0. The molecule has 6 nitrogen and oxygen atoms in total. The number of para-hydroxylation sites is 1. The summed E-state index contributed by atoms with van der Waals surface area (Å²) in [5.41, 5.74) is 0.826. The first-order valence-corrected chi connectivity index (χ1v) is 13.0. The van der Waals surface area contributed by atoms with Crippen molar-refractivity contribution in [3.8, 4) is 0 Å². The van der Waals surface area contributed by atoms with Crippen LogP contribution in [0.15, 0.2) is 46.5 Å². The second kappa shape index (κ2) is 10.4. The molecule has 0 amide bonds. The Bertz CT molecular complexity index is 1100. The van der Waals surface area contributed by atoms with E-state index in [4.69, 9.17) is 37.8 Å². The Morgan fingerprint density at radius 3 is 2.68 bits per heavy atom. The first-order chi connectivity index (χ1) is 16.5. The van der Waals surface area contributed by atoms with Crippen molar-refractivity contribution in [2.75, 3.05) is 32.8 Å². The molecule has 2 fully saturated rings. The van der Waals surface area contributed by atoms with Crippen LogP contribution in [0.2, 0.25) is 0 Å². The highest BCUT2D eigenvalue weighted by atomic mass is 35.5. The molecule has 1 saturated carbocycles. The number of nitrogens with zero attached hydrogens (tertiary/aromatic N) is 3. The van der Waals surface area contributed by atoms with Gasteiger partial charge >= 0.3 is 5.97 Å². The second-order valence-corrected chi connectivity index (χ2v) is 10.5. The van der Waals surface area contributed by atoms with Crippen molar-refractivity contribution in [3.05, 3.63) is 52.2 Å². The molecule has 0 spiro atoms. The van der Waals surface area contributed by atoms with Gasteiger partial charge in [-0.25, -0.2) is 4.79 Å². The highest BCUT2D eigenvalue weighted by Gasteiger charge is 2.39. The van der Waals surface area contributed by atoms with E-state index in [9.17, 15) is 4.79 Å². The highest BCUT2D eigenvalue weighted by Crippen LogP contribution is 2.35. The van der Waals surface area contributed by atoms with Crippen LogP contribution in [0.5, 0.6) is 0 Å². The lowest BCUT2D eigenvalue weighted by Gasteiger charge is -2.41. The molecular formula is C26H31Cl2N3O3. The van der Waals surface area contributed by atoms with Crippen LogP contribution in [0.25, 0.3) is 10.9 Å². The maximum atomic E-state index is 13.6. The first-order valence-electron chi connectivity index (χ1n) is 12.2. The predicted octanol–water partition coefficient (Wildman–Crippen LogP) is 5.49. The zero-order chi connectivity index (χ0) is 23.5. The van der Waals surface area contributed by atoms with Crippen molar-refractivity contribution in [1.29, 1.82) is 0 Å². The van der Waals surface area contributed by atoms with E-state index in [1.807, 2.05) is 35.0 Å². The SMILES string of the molecule is O=C(OC1(CN2CCOCC2)CCCCC1)c1nn(CC2CC=C(Cl)C=C2Cl)c2ccccc12. The number of morpholine rings is 1. The molecule has 2 aliphatic carbocycles. The second-order valence-electron chi connectivity index (χ2n) is 9.62. The number of benzene rings is 1. The Hall–Kier alpha value is -1.86. The van der Waals surface area contributed by atoms with Gasteiger partial charge in [0.05, 0.1) is 18.7 Å². The molecule has 1 aliphatic heterocycles. The van der Waals surface area contributed by atoms with Crippen LogP contribution in [0.3, 0.4) is 0 Å². The molecule has 8 heteroatoms. The van der Waals surface area contributed by atoms with Crippen molar-refractivity contribution in [2.24, 2.45) is 5.92 Å². The minimum atomic E-state index is -0.464. The van der Waals surface area contributed by atoms with Gasteiger partial charge in [-0.1, -0.05) is 53.9 Å². The molecule has 0 bridgehead atoms. The van der Waals surface area contributed by atoms with Crippen molar-refractivity contribution < 1.29 is 14.3 Å². The van der Waals surface area contributed by atoms with Crippen LogP contribution >= 0.6 is 23.2 Å². The minimum absolute atomic E-state index is 0.0716. The number of rotatable bonds is 6. The van der Waals surface area contributed by atoms with E-state index in [2.05, 4.69) is 4.90 Å². The number of aromatic nitrogens is 2. The lowest BCUT2D eigenvalue weighted by atomic mass is 9.84. The van der Waals surface area contributed by atoms with Crippen LogP contribution in [-0.2, 0) is 16.0 Å².